The van der Waals surface area contributed by atoms with Crippen LogP contribution >= 0.6 is 0 Å². The summed E-state index contributed by atoms with van der Waals surface area (Å²) in [4.78, 5) is 26.0. The molecule has 23 heavy (non-hydrogen) atoms. The Balaban J connectivity index is 1.64. The molecule has 0 aliphatic carbocycles. The molecule has 0 spiro atoms. The Morgan fingerprint density at radius 3 is 2.43 bits per heavy atom. The molecule has 0 aromatic heterocycles. The van der Waals surface area contributed by atoms with E-state index >= 15 is 0 Å². The van der Waals surface area contributed by atoms with Crippen molar-refractivity contribution >= 4 is 11.8 Å². The summed E-state index contributed by atoms with van der Waals surface area (Å²) in [7, 11) is 0. The Bertz CT molecular complexity index is 505. The first-order valence-electron chi connectivity index (χ1n) is 8.68. The predicted octanol–water partition coefficient (Wildman–Crippen LogP) is 2.63. The van der Waals surface area contributed by atoms with E-state index in [1.165, 1.54) is 5.56 Å². The molecule has 1 N–H and O–H groups in total. The standard InChI is InChI=1S/C19H28N2O2/c1-15(2)19(23)21-13-10-17(11-14-21)18(22)20-12-6-9-16-7-4-3-5-8-16/h3-5,7-8,15,17H,6,9-14H2,1-2H3,(H,20,22). The van der Waals surface area contributed by atoms with Crippen LogP contribution in [0.5, 0.6) is 0 Å². The van der Waals surface area contributed by atoms with Gasteiger partial charge in [0.2, 0.25) is 11.8 Å². The number of hydrogen-bond acceptors (Lipinski definition) is 2. The molecule has 1 heterocycles. The molecule has 0 radical (unpaired) electrons. The van der Waals surface area contributed by atoms with E-state index in [0.717, 1.165) is 32.2 Å². The highest BCUT2D eigenvalue weighted by molar-refractivity contribution is 5.80. The molecule has 1 aliphatic rings. The van der Waals surface area contributed by atoms with Crippen molar-refractivity contribution < 1.29 is 9.59 Å². The van der Waals surface area contributed by atoms with E-state index in [1.54, 1.807) is 0 Å². The van der Waals surface area contributed by atoms with E-state index in [1.807, 2.05) is 36.9 Å². The Hall–Kier alpha value is -1.84. The van der Waals surface area contributed by atoms with Crippen molar-refractivity contribution in [2.24, 2.45) is 11.8 Å². The van der Waals surface area contributed by atoms with E-state index in [9.17, 15) is 9.59 Å². The van der Waals surface area contributed by atoms with Crippen molar-refractivity contribution in [2.75, 3.05) is 19.6 Å². The third kappa shape index (κ3) is 5.38. The number of benzene rings is 1. The van der Waals surface area contributed by atoms with Gasteiger partial charge in [-0.25, -0.2) is 0 Å². The van der Waals surface area contributed by atoms with Crippen LogP contribution in [0.2, 0.25) is 0 Å². The zero-order valence-electron chi connectivity index (χ0n) is 14.3. The lowest BCUT2D eigenvalue weighted by Gasteiger charge is -2.32. The minimum Gasteiger partial charge on any atom is -0.356 e. The summed E-state index contributed by atoms with van der Waals surface area (Å²) in [6.45, 7) is 5.98. The fourth-order valence-corrected chi connectivity index (χ4v) is 3.02. The van der Waals surface area contributed by atoms with Crippen molar-refractivity contribution in [1.82, 2.24) is 10.2 Å². The fraction of sp³-hybridized carbons (Fsp3) is 0.579. The number of carbonyl (C=O) groups is 2. The maximum atomic E-state index is 12.2. The van der Waals surface area contributed by atoms with Gasteiger partial charge >= 0.3 is 0 Å². The predicted molar refractivity (Wildman–Crippen MR) is 91.9 cm³/mol. The fourth-order valence-electron chi connectivity index (χ4n) is 3.02. The molecule has 1 saturated heterocycles. The van der Waals surface area contributed by atoms with Crippen LogP contribution in [0.1, 0.15) is 38.7 Å². The van der Waals surface area contributed by atoms with Crippen molar-refractivity contribution in [3.05, 3.63) is 35.9 Å². The molecule has 0 bridgehead atoms. The van der Waals surface area contributed by atoms with Gasteiger partial charge < -0.3 is 10.2 Å². The second-order valence-corrected chi connectivity index (χ2v) is 6.63. The van der Waals surface area contributed by atoms with Crippen molar-refractivity contribution in [2.45, 2.75) is 39.5 Å². The summed E-state index contributed by atoms with van der Waals surface area (Å²) in [5.74, 6) is 0.447. The Labute approximate surface area is 139 Å². The summed E-state index contributed by atoms with van der Waals surface area (Å²) >= 11 is 0. The largest absolute Gasteiger partial charge is 0.356 e. The van der Waals surface area contributed by atoms with Crippen LogP contribution in [0.15, 0.2) is 30.3 Å². The van der Waals surface area contributed by atoms with Crippen LogP contribution in [-0.4, -0.2) is 36.3 Å². The Morgan fingerprint density at radius 2 is 1.83 bits per heavy atom. The lowest BCUT2D eigenvalue weighted by molar-refractivity contribution is -0.138. The normalized spacial score (nSPS) is 15.7. The molecule has 4 heteroatoms. The van der Waals surface area contributed by atoms with Gasteiger partial charge in [0, 0.05) is 31.5 Å². The van der Waals surface area contributed by atoms with Crippen molar-refractivity contribution in [3.63, 3.8) is 0 Å². The second kappa shape index (κ2) is 8.70. The second-order valence-electron chi connectivity index (χ2n) is 6.63. The number of carbonyl (C=O) groups excluding carboxylic acids is 2. The molecule has 126 valence electrons. The highest BCUT2D eigenvalue weighted by atomic mass is 16.2. The molecular formula is C19H28N2O2. The van der Waals surface area contributed by atoms with Crippen LogP contribution < -0.4 is 5.32 Å². The minimum atomic E-state index is 0.0402. The van der Waals surface area contributed by atoms with E-state index < -0.39 is 0 Å². The minimum absolute atomic E-state index is 0.0402. The summed E-state index contributed by atoms with van der Waals surface area (Å²) in [6.07, 6.45) is 3.51. The molecule has 0 atom stereocenters. The Morgan fingerprint density at radius 1 is 1.17 bits per heavy atom. The molecular weight excluding hydrogens is 288 g/mol. The van der Waals surface area contributed by atoms with Crippen LogP contribution in [0, 0.1) is 11.8 Å². The average Bonchev–Trinajstić information content (AvgIpc) is 2.59. The van der Waals surface area contributed by atoms with E-state index in [4.69, 9.17) is 0 Å². The van der Waals surface area contributed by atoms with Crippen LogP contribution in [0.3, 0.4) is 0 Å². The number of hydrogen-bond donors (Lipinski definition) is 1. The number of nitrogens with one attached hydrogen (secondary N) is 1. The molecule has 1 fully saturated rings. The number of amides is 2. The smallest absolute Gasteiger partial charge is 0.225 e. The van der Waals surface area contributed by atoms with Gasteiger partial charge in [0.25, 0.3) is 0 Å². The molecule has 2 rings (SSSR count). The zero-order valence-corrected chi connectivity index (χ0v) is 14.3. The number of nitrogens with zero attached hydrogens (tertiary/aromatic N) is 1. The molecule has 1 aromatic rings. The molecule has 1 aromatic carbocycles. The van der Waals surface area contributed by atoms with E-state index in [0.29, 0.717) is 13.1 Å². The lowest BCUT2D eigenvalue weighted by Crippen LogP contribution is -2.44. The van der Waals surface area contributed by atoms with Crippen molar-refractivity contribution in [3.8, 4) is 0 Å². The first-order valence-corrected chi connectivity index (χ1v) is 8.68. The third-order valence-electron chi connectivity index (χ3n) is 4.46. The van der Waals surface area contributed by atoms with Gasteiger partial charge in [-0.2, -0.15) is 0 Å². The summed E-state index contributed by atoms with van der Waals surface area (Å²) in [6, 6.07) is 10.3. The first kappa shape index (κ1) is 17.5. The highest BCUT2D eigenvalue weighted by Gasteiger charge is 2.27. The molecule has 2 amide bonds. The number of piperidine rings is 1. The van der Waals surface area contributed by atoms with Crippen molar-refractivity contribution in [1.29, 1.82) is 0 Å². The zero-order chi connectivity index (χ0) is 16.7. The quantitative estimate of drug-likeness (QED) is 0.820. The maximum absolute atomic E-state index is 12.2. The molecule has 4 nitrogen and oxygen atoms in total. The summed E-state index contributed by atoms with van der Waals surface area (Å²) in [5, 5.41) is 3.05. The topological polar surface area (TPSA) is 49.4 Å². The summed E-state index contributed by atoms with van der Waals surface area (Å²) < 4.78 is 0. The monoisotopic (exact) mass is 316 g/mol. The van der Waals surface area contributed by atoms with Gasteiger partial charge in [0.15, 0.2) is 0 Å². The summed E-state index contributed by atoms with van der Waals surface area (Å²) in [5.41, 5.74) is 1.31. The maximum Gasteiger partial charge on any atom is 0.225 e. The number of rotatable bonds is 6. The first-order chi connectivity index (χ1) is 11.1. The Kier molecular flexibility index (Phi) is 6.63. The number of likely N-dealkylation sites (tertiary alicyclic amines) is 1. The van der Waals surface area contributed by atoms with Gasteiger partial charge in [0.1, 0.15) is 0 Å². The van der Waals surface area contributed by atoms with Crippen LogP contribution in [-0.2, 0) is 16.0 Å². The van der Waals surface area contributed by atoms with Gasteiger partial charge in [-0.15, -0.1) is 0 Å². The highest BCUT2D eigenvalue weighted by Crippen LogP contribution is 2.19. The third-order valence-corrected chi connectivity index (χ3v) is 4.46. The molecule has 1 aliphatic heterocycles. The van der Waals surface area contributed by atoms with Gasteiger partial charge in [-0.1, -0.05) is 44.2 Å². The van der Waals surface area contributed by atoms with Gasteiger partial charge in [-0.05, 0) is 31.2 Å². The van der Waals surface area contributed by atoms with Gasteiger partial charge in [-0.3, -0.25) is 9.59 Å². The number of aryl methyl sites for hydroxylation is 1. The van der Waals surface area contributed by atoms with Crippen LogP contribution in [0.4, 0.5) is 0 Å². The molecule has 0 saturated carbocycles. The lowest BCUT2D eigenvalue weighted by atomic mass is 9.95. The van der Waals surface area contributed by atoms with Gasteiger partial charge in [0.05, 0.1) is 0 Å². The molecule has 0 unspecified atom stereocenters. The SMILES string of the molecule is CC(C)C(=O)N1CCC(C(=O)NCCCc2ccccc2)CC1. The average molecular weight is 316 g/mol. The van der Waals surface area contributed by atoms with E-state index in [2.05, 4.69) is 17.4 Å². The van der Waals surface area contributed by atoms with Crippen LogP contribution in [0.25, 0.3) is 0 Å². The van der Waals surface area contributed by atoms with E-state index in [-0.39, 0.29) is 23.7 Å².